The van der Waals surface area contributed by atoms with E-state index in [1.165, 1.54) is 11.3 Å². The minimum Gasteiger partial charge on any atom is -0.366 e. The number of aromatic nitrogens is 2. The molecule has 1 heterocycles. The predicted octanol–water partition coefficient (Wildman–Crippen LogP) is 3.67. The van der Waals surface area contributed by atoms with Crippen LogP contribution in [0.4, 0.5) is 5.13 Å². The fraction of sp³-hybridized carbons (Fsp3) is 0.238. The number of amides is 2. The highest BCUT2D eigenvalue weighted by Crippen LogP contribution is 2.33. The van der Waals surface area contributed by atoms with Crippen molar-refractivity contribution in [2.24, 2.45) is 11.7 Å². The molecule has 28 heavy (non-hydrogen) atoms. The first-order chi connectivity index (χ1) is 13.5. The number of nitrogens with zero attached hydrogens (tertiary/aromatic N) is 3. The van der Waals surface area contributed by atoms with Crippen LogP contribution in [-0.2, 0) is 0 Å². The van der Waals surface area contributed by atoms with Crippen molar-refractivity contribution < 1.29 is 9.59 Å². The Balaban J connectivity index is 1.67. The molecule has 6 nitrogen and oxygen atoms in total. The van der Waals surface area contributed by atoms with Gasteiger partial charge in [-0.3, -0.25) is 14.5 Å². The average molecular weight is 392 g/mol. The Kier molecular flexibility index (Phi) is 4.92. The number of anilines is 1. The number of hydrogen-bond donors (Lipinski definition) is 1. The Labute approximate surface area is 167 Å². The highest BCUT2D eigenvalue weighted by Gasteiger charge is 2.30. The van der Waals surface area contributed by atoms with Crippen LogP contribution in [0.1, 0.15) is 39.1 Å². The summed E-state index contributed by atoms with van der Waals surface area (Å²) < 4.78 is 0. The monoisotopic (exact) mass is 392 g/mol. The van der Waals surface area contributed by atoms with Crippen molar-refractivity contribution in [1.82, 2.24) is 10.2 Å². The van der Waals surface area contributed by atoms with Crippen molar-refractivity contribution in [2.75, 3.05) is 11.4 Å². The van der Waals surface area contributed by atoms with E-state index < -0.39 is 5.91 Å². The van der Waals surface area contributed by atoms with E-state index in [1.807, 2.05) is 37.3 Å². The Morgan fingerprint density at radius 1 is 1.14 bits per heavy atom. The number of aryl methyl sites for hydroxylation is 1. The lowest BCUT2D eigenvalue weighted by Gasteiger charge is -2.20. The number of primary amides is 1. The van der Waals surface area contributed by atoms with Crippen molar-refractivity contribution >= 4 is 28.3 Å². The fourth-order valence-corrected chi connectivity index (χ4v) is 3.69. The van der Waals surface area contributed by atoms with E-state index in [0.717, 1.165) is 29.5 Å². The Morgan fingerprint density at radius 3 is 2.46 bits per heavy atom. The topological polar surface area (TPSA) is 89.2 Å². The molecular weight excluding hydrogens is 372 g/mol. The molecular formula is C21H20N4O2S. The van der Waals surface area contributed by atoms with E-state index in [4.69, 9.17) is 5.73 Å². The number of carbonyl (C=O) groups excluding carboxylic acids is 2. The summed E-state index contributed by atoms with van der Waals surface area (Å²) in [6.07, 6.45) is 2.29. The van der Waals surface area contributed by atoms with Gasteiger partial charge in [-0.2, -0.15) is 0 Å². The lowest BCUT2D eigenvalue weighted by molar-refractivity contribution is 0.0982. The van der Waals surface area contributed by atoms with E-state index in [9.17, 15) is 9.59 Å². The highest BCUT2D eigenvalue weighted by atomic mass is 32.1. The molecule has 142 valence electrons. The molecule has 0 radical (unpaired) electrons. The van der Waals surface area contributed by atoms with E-state index in [0.29, 0.717) is 28.7 Å². The Bertz CT molecular complexity index is 1010. The molecule has 0 bridgehead atoms. The summed E-state index contributed by atoms with van der Waals surface area (Å²) in [4.78, 5) is 26.3. The number of carbonyl (C=O) groups is 2. The van der Waals surface area contributed by atoms with Gasteiger partial charge in [-0.15, -0.1) is 10.2 Å². The van der Waals surface area contributed by atoms with Crippen LogP contribution in [0.3, 0.4) is 0 Å². The van der Waals surface area contributed by atoms with Gasteiger partial charge in [0.05, 0.1) is 0 Å². The molecule has 0 aliphatic heterocycles. The van der Waals surface area contributed by atoms with Crippen LogP contribution < -0.4 is 10.6 Å². The van der Waals surface area contributed by atoms with Gasteiger partial charge in [0.1, 0.15) is 5.51 Å². The minimum absolute atomic E-state index is 0.0707. The Morgan fingerprint density at radius 2 is 1.86 bits per heavy atom. The van der Waals surface area contributed by atoms with Gasteiger partial charge in [-0.05, 0) is 66.6 Å². The van der Waals surface area contributed by atoms with Crippen molar-refractivity contribution in [3.63, 3.8) is 0 Å². The molecule has 0 spiro atoms. The SMILES string of the molecule is Cc1ccc(C(=O)N(CC2CC2)c2nncs2)cc1-c1ccc(C(N)=O)cc1. The second-order valence-electron chi connectivity index (χ2n) is 7.05. The highest BCUT2D eigenvalue weighted by molar-refractivity contribution is 7.13. The standard InChI is InChI=1S/C21H20N4O2S/c1-13-2-5-17(10-18(13)15-6-8-16(9-7-15)19(22)26)20(27)25(11-14-3-4-14)21-24-23-12-28-21/h2,5-10,12,14H,3-4,11H2,1H3,(H2,22,26). The van der Waals surface area contributed by atoms with Crippen LogP contribution in [0.15, 0.2) is 48.0 Å². The van der Waals surface area contributed by atoms with Gasteiger partial charge in [0.25, 0.3) is 5.91 Å². The smallest absolute Gasteiger partial charge is 0.260 e. The van der Waals surface area contributed by atoms with E-state index in [2.05, 4.69) is 10.2 Å². The van der Waals surface area contributed by atoms with Crippen molar-refractivity contribution in [3.8, 4) is 11.1 Å². The van der Waals surface area contributed by atoms with Crippen LogP contribution in [0.5, 0.6) is 0 Å². The molecule has 1 saturated carbocycles. The first kappa shape index (κ1) is 18.3. The molecule has 2 amide bonds. The van der Waals surface area contributed by atoms with Crippen LogP contribution in [0, 0.1) is 12.8 Å². The molecule has 1 aliphatic rings. The lowest BCUT2D eigenvalue weighted by atomic mass is 9.96. The normalized spacial score (nSPS) is 13.3. The van der Waals surface area contributed by atoms with Gasteiger partial charge in [-0.25, -0.2) is 0 Å². The molecule has 1 aliphatic carbocycles. The zero-order chi connectivity index (χ0) is 19.7. The molecule has 0 unspecified atom stereocenters. The fourth-order valence-electron chi connectivity index (χ4n) is 3.13. The average Bonchev–Trinajstić information content (AvgIpc) is 3.36. The largest absolute Gasteiger partial charge is 0.366 e. The molecule has 1 fully saturated rings. The second kappa shape index (κ2) is 7.52. The van der Waals surface area contributed by atoms with Crippen LogP contribution in [-0.4, -0.2) is 28.6 Å². The van der Waals surface area contributed by atoms with Crippen molar-refractivity contribution in [2.45, 2.75) is 19.8 Å². The van der Waals surface area contributed by atoms with Crippen LogP contribution >= 0.6 is 11.3 Å². The van der Waals surface area contributed by atoms with Crippen LogP contribution in [0.25, 0.3) is 11.1 Å². The van der Waals surface area contributed by atoms with E-state index in [-0.39, 0.29) is 5.91 Å². The zero-order valence-corrected chi connectivity index (χ0v) is 16.3. The maximum Gasteiger partial charge on any atom is 0.260 e. The zero-order valence-electron chi connectivity index (χ0n) is 15.5. The molecule has 3 aromatic rings. The van der Waals surface area contributed by atoms with Crippen molar-refractivity contribution in [3.05, 3.63) is 64.7 Å². The number of benzene rings is 2. The molecule has 2 N–H and O–H groups in total. The number of nitrogens with two attached hydrogens (primary N) is 1. The van der Waals surface area contributed by atoms with Crippen LogP contribution in [0.2, 0.25) is 0 Å². The predicted molar refractivity (Wildman–Crippen MR) is 109 cm³/mol. The minimum atomic E-state index is -0.458. The van der Waals surface area contributed by atoms with Gasteiger partial charge >= 0.3 is 0 Å². The Hall–Kier alpha value is -3.06. The summed E-state index contributed by atoms with van der Waals surface area (Å²) in [6, 6.07) is 12.8. The van der Waals surface area contributed by atoms with Gasteiger partial charge in [0.2, 0.25) is 11.0 Å². The summed E-state index contributed by atoms with van der Waals surface area (Å²) >= 11 is 1.37. The summed E-state index contributed by atoms with van der Waals surface area (Å²) in [5, 5.41) is 8.61. The van der Waals surface area contributed by atoms with Gasteiger partial charge in [0.15, 0.2) is 0 Å². The molecule has 7 heteroatoms. The van der Waals surface area contributed by atoms with E-state index >= 15 is 0 Å². The molecule has 4 rings (SSSR count). The lowest BCUT2D eigenvalue weighted by Crippen LogP contribution is -2.33. The maximum absolute atomic E-state index is 13.2. The maximum atomic E-state index is 13.2. The van der Waals surface area contributed by atoms with E-state index in [1.54, 1.807) is 22.5 Å². The van der Waals surface area contributed by atoms with Gasteiger partial charge in [-0.1, -0.05) is 29.5 Å². The summed E-state index contributed by atoms with van der Waals surface area (Å²) in [5.74, 6) is 0.0118. The quantitative estimate of drug-likeness (QED) is 0.693. The van der Waals surface area contributed by atoms with Gasteiger partial charge in [0, 0.05) is 17.7 Å². The first-order valence-corrected chi connectivity index (χ1v) is 10.00. The molecule has 1 aromatic heterocycles. The summed E-state index contributed by atoms with van der Waals surface area (Å²) in [6.45, 7) is 2.67. The number of rotatable bonds is 6. The first-order valence-electron chi connectivity index (χ1n) is 9.12. The molecule has 2 aromatic carbocycles. The van der Waals surface area contributed by atoms with Crippen molar-refractivity contribution in [1.29, 1.82) is 0 Å². The summed E-state index contributed by atoms with van der Waals surface area (Å²) in [7, 11) is 0. The number of hydrogen-bond acceptors (Lipinski definition) is 5. The third kappa shape index (κ3) is 3.80. The summed E-state index contributed by atoms with van der Waals surface area (Å²) in [5.41, 5.74) is 11.0. The van der Waals surface area contributed by atoms with Gasteiger partial charge < -0.3 is 5.73 Å². The second-order valence-corrected chi connectivity index (χ2v) is 7.86. The third-order valence-corrected chi connectivity index (χ3v) is 5.64. The molecule has 0 saturated heterocycles. The molecule has 0 atom stereocenters. The third-order valence-electron chi connectivity index (χ3n) is 4.93.